The SMILES string of the molecule is CC(CN)C(C)N1CCC(CN2CCCC2)CC1. The van der Waals surface area contributed by atoms with Gasteiger partial charge in [0.15, 0.2) is 0 Å². The molecule has 2 atom stereocenters. The first-order valence-corrected chi connectivity index (χ1v) is 7.87. The number of piperidine rings is 1. The van der Waals surface area contributed by atoms with Crippen molar-refractivity contribution in [1.82, 2.24) is 9.80 Å². The Morgan fingerprint density at radius 1 is 1.06 bits per heavy atom. The van der Waals surface area contributed by atoms with E-state index in [9.17, 15) is 0 Å². The average molecular weight is 253 g/mol. The van der Waals surface area contributed by atoms with Crippen LogP contribution in [0, 0.1) is 11.8 Å². The maximum atomic E-state index is 5.78. The summed E-state index contributed by atoms with van der Waals surface area (Å²) in [6.45, 7) is 12.1. The number of hydrogen-bond acceptors (Lipinski definition) is 3. The zero-order valence-corrected chi connectivity index (χ0v) is 12.3. The lowest BCUT2D eigenvalue weighted by atomic mass is 9.93. The predicted octanol–water partition coefficient (Wildman–Crippen LogP) is 1.78. The van der Waals surface area contributed by atoms with E-state index in [-0.39, 0.29) is 0 Å². The quantitative estimate of drug-likeness (QED) is 0.810. The predicted molar refractivity (Wildman–Crippen MR) is 77.7 cm³/mol. The summed E-state index contributed by atoms with van der Waals surface area (Å²) >= 11 is 0. The van der Waals surface area contributed by atoms with E-state index in [0.717, 1.165) is 12.5 Å². The first kappa shape index (κ1) is 14.3. The minimum absolute atomic E-state index is 0.625. The lowest BCUT2D eigenvalue weighted by Gasteiger charge is -2.39. The number of nitrogens with zero attached hydrogens (tertiary/aromatic N) is 2. The molecular weight excluding hydrogens is 222 g/mol. The fourth-order valence-electron chi connectivity index (χ4n) is 3.43. The van der Waals surface area contributed by atoms with Crippen molar-refractivity contribution in [3.63, 3.8) is 0 Å². The highest BCUT2D eigenvalue weighted by atomic mass is 15.2. The van der Waals surface area contributed by atoms with Crippen LogP contribution in [0.25, 0.3) is 0 Å². The molecule has 2 N–H and O–H groups in total. The average Bonchev–Trinajstić information content (AvgIpc) is 2.91. The van der Waals surface area contributed by atoms with Crippen molar-refractivity contribution in [1.29, 1.82) is 0 Å². The van der Waals surface area contributed by atoms with Gasteiger partial charge in [0.1, 0.15) is 0 Å². The Balaban J connectivity index is 1.70. The second-order valence-electron chi connectivity index (χ2n) is 6.44. The fraction of sp³-hybridized carbons (Fsp3) is 1.00. The van der Waals surface area contributed by atoms with Crippen LogP contribution in [0.1, 0.15) is 39.5 Å². The van der Waals surface area contributed by atoms with Crippen molar-refractivity contribution in [3.8, 4) is 0 Å². The number of likely N-dealkylation sites (tertiary alicyclic amines) is 2. The molecule has 0 aromatic heterocycles. The zero-order valence-electron chi connectivity index (χ0n) is 12.3. The summed E-state index contributed by atoms with van der Waals surface area (Å²) in [7, 11) is 0. The van der Waals surface area contributed by atoms with E-state index in [1.807, 2.05) is 0 Å². The van der Waals surface area contributed by atoms with Crippen molar-refractivity contribution in [2.75, 3.05) is 39.3 Å². The molecule has 0 spiro atoms. The van der Waals surface area contributed by atoms with Crippen LogP contribution in [0.3, 0.4) is 0 Å². The second-order valence-corrected chi connectivity index (χ2v) is 6.44. The van der Waals surface area contributed by atoms with Crippen LogP contribution in [0.2, 0.25) is 0 Å². The van der Waals surface area contributed by atoms with Gasteiger partial charge in [0.2, 0.25) is 0 Å². The molecule has 3 nitrogen and oxygen atoms in total. The van der Waals surface area contributed by atoms with Gasteiger partial charge in [0, 0.05) is 12.6 Å². The minimum Gasteiger partial charge on any atom is -0.330 e. The molecule has 0 aromatic rings. The molecule has 2 unspecified atom stereocenters. The first-order valence-electron chi connectivity index (χ1n) is 7.87. The normalized spacial score (nSPS) is 27.5. The third-order valence-corrected chi connectivity index (χ3v) is 5.14. The first-order chi connectivity index (χ1) is 8.70. The van der Waals surface area contributed by atoms with Gasteiger partial charge in [-0.05, 0) is 77.2 Å². The van der Waals surface area contributed by atoms with E-state index in [2.05, 4.69) is 23.6 Å². The van der Waals surface area contributed by atoms with Gasteiger partial charge in [0.05, 0.1) is 0 Å². The molecule has 106 valence electrons. The van der Waals surface area contributed by atoms with Crippen LogP contribution in [0.4, 0.5) is 0 Å². The monoisotopic (exact) mass is 253 g/mol. The minimum atomic E-state index is 0.625. The van der Waals surface area contributed by atoms with Crippen molar-refractivity contribution >= 4 is 0 Å². The third-order valence-electron chi connectivity index (χ3n) is 5.14. The topological polar surface area (TPSA) is 32.5 Å². The van der Waals surface area contributed by atoms with Crippen LogP contribution in [0.15, 0.2) is 0 Å². The Hall–Kier alpha value is -0.120. The van der Waals surface area contributed by atoms with Crippen LogP contribution in [0.5, 0.6) is 0 Å². The Labute approximate surface area is 113 Å². The van der Waals surface area contributed by atoms with Crippen LogP contribution in [-0.4, -0.2) is 55.1 Å². The maximum absolute atomic E-state index is 5.78. The molecule has 2 heterocycles. The van der Waals surface area contributed by atoms with E-state index in [4.69, 9.17) is 5.73 Å². The van der Waals surface area contributed by atoms with E-state index in [1.54, 1.807) is 0 Å². The molecule has 0 aliphatic carbocycles. The zero-order chi connectivity index (χ0) is 13.0. The fourth-order valence-corrected chi connectivity index (χ4v) is 3.43. The summed E-state index contributed by atoms with van der Waals surface area (Å²) in [6.07, 6.45) is 5.62. The number of rotatable bonds is 5. The Morgan fingerprint density at radius 2 is 1.67 bits per heavy atom. The molecule has 2 fully saturated rings. The molecule has 18 heavy (non-hydrogen) atoms. The van der Waals surface area contributed by atoms with Crippen molar-refractivity contribution in [3.05, 3.63) is 0 Å². The molecule has 0 bridgehead atoms. The summed E-state index contributed by atoms with van der Waals surface area (Å²) in [5.74, 6) is 1.57. The van der Waals surface area contributed by atoms with Gasteiger partial charge in [0.25, 0.3) is 0 Å². The summed E-state index contributed by atoms with van der Waals surface area (Å²) < 4.78 is 0. The molecule has 3 heteroatoms. The molecule has 2 aliphatic heterocycles. The van der Waals surface area contributed by atoms with Gasteiger partial charge in [-0.1, -0.05) is 6.92 Å². The molecule has 0 aromatic carbocycles. The Bertz CT molecular complexity index is 230. The van der Waals surface area contributed by atoms with Crippen LogP contribution >= 0.6 is 0 Å². The smallest absolute Gasteiger partial charge is 0.0105 e. The summed E-state index contributed by atoms with van der Waals surface area (Å²) in [4.78, 5) is 5.32. The van der Waals surface area contributed by atoms with Crippen molar-refractivity contribution < 1.29 is 0 Å². The van der Waals surface area contributed by atoms with E-state index in [1.165, 1.54) is 58.4 Å². The van der Waals surface area contributed by atoms with Gasteiger partial charge in [-0.3, -0.25) is 0 Å². The lowest BCUT2D eigenvalue weighted by molar-refractivity contribution is 0.0988. The highest BCUT2D eigenvalue weighted by molar-refractivity contribution is 4.81. The Morgan fingerprint density at radius 3 is 2.22 bits per heavy atom. The third kappa shape index (κ3) is 3.69. The highest BCUT2D eigenvalue weighted by Crippen LogP contribution is 2.23. The van der Waals surface area contributed by atoms with Crippen LogP contribution < -0.4 is 5.73 Å². The van der Waals surface area contributed by atoms with Gasteiger partial charge >= 0.3 is 0 Å². The largest absolute Gasteiger partial charge is 0.330 e. The van der Waals surface area contributed by atoms with Crippen LogP contribution in [-0.2, 0) is 0 Å². The standard InChI is InChI=1S/C15H31N3/c1-13(11-16)14(2)18-9-5-15(6-10-18)12-17-7-3-4-8-17/h13-15H,3-12,16H2,1-2H3. The second kappa shape index (κ2) is 6.88. The summed E-state index contributed by atoms with van der Waals surface area (Å²) in [6, 6.07) is 0.655. The summed E-state index contributed by atoms with van der Waals surface area (Å²) in [5.41, 5.74) is 5.78. The maximum Gasteiger partial charge on any atom is 0.0105 e. The number of nitrogens with two attached hydrogens (primary N) is 1. The molecule has 0 radical (unpaired) electrons. The van der Waals surface area contributed by atoms with Gasteiger partial charge in [-0.25, -0.2) is 0 Å². The van der Waals surface area contributed by atoms with Gasteiger partial charge in [-0.15, -0.1) is 0 Å². The molecule has 0 amide bonds. The molecule has 2 rings (SSSR count). The molecule has 2 saturated heterocycles. The van der Waals surface area contributed by atoms with E-state index < -0.39 is 0 Å². The highest BCUT2D eigenvalue weighted by Gasteiger charge is 2.26. The molecule has 2 aliphatic rings. The number of hydrogen-bond donors (Lipinski definition) is 1. The van der Waals surface area contributed by atoms with Gasteiger partial charge in [-0.2, -0.15) is 0 Å². The Kier molecular flexibility index (Phi) is 5.46. The molecule has 0 saturated carbocycles. The van der Waals surface area contributed by atoms with E-state index >= 15 is 0 Å². The lowest BCUT2D eigenvalue weighted by Crippen LogP contribution is -2.46. The van der Waals surface area contributed by atoms with Gasteiger partial charge < -0.3 is 15.5 Å². The van der Waals surface area contributed by atoms with E-state index in [0.29, 0.717) is 12.0 Å². The summed E-state index contributed by atoms with van der Waals surface area (Å²) in [5, 5.41) is 0. The van der Waals surface area contributed by atoms with Crippen molar-refractivity contribution in [2.45, 2.75) is 45.6 Å². The molecular formula is C15H31N3. The van der Waals surface area contributed by atoms with Crippen molar-refractivity contribution in [2.24, 2.45) is 17.6 Å².